The van der Waals surface area contributed by atoms with Crippen molar-refractivity contribution in [2.24, 2.45) is 5.92 Å². The van der Waals surface area contributed by atoms with E-state index in [9.17, 15) is 9.59 Å². The molecule has 0 bridgehead atoms. The maximum Gasteiger partial charge on any atom is 0.228 e. The zero-order chi connectivity index (χ0) is 18.4. The van der Waals surface area contributed by atoms with Gasteiger partial charge in [-0.05, 0) is 19.1 Å². The fraction of sp³-hybridized carbons (Fsp3) is 0.632. The number of hydrogen-bond donors (Lipinski definition) is 0. The van der Waals surface area contributed by atoms with Crippen LogP contribution in [0.1, 0.15) is 19.0 Å². The maximum atomic E-state index is 12.9. The third-order valence-electron chi connectivity index (χ3n) is 5.13. The lowest BCUT2D eigenvalue weighted by Gasteiger charge is -2.30. The average molecular weight is 360 g/mol. The minimum atomic E-state index is -0.240. The van der Waals surface area contributed by atoms with Gasteiger partial charge < -0.3 is 14.5 Å². The van der Waals surface area contributed by atoms with Gasteiger partial charge in [-0.3, -0.25) is 19.5 Å². The van der Waals surface area contributed by atoms with E-state index >= 15 is 0 Å². The van der Waals surface area contributed by atoms with Crippen molar-refractivity contribution in [3.63, 3.8) is 0 Å². The van der Waals surface area contributed by atoms with Crippen LogP contribution in [0.4, 0.5) is 0 Å². The van der Waals surface area contributed by atoms with Gasteiger partial charge in [-0.25, -0.2) is 0 Å². The molecule has 26 heavy (non-hydrogen) atoms. The van der Waals surface area contributed by atoms with Crippen LogP contribution in [-0.4, -0.2) is 84.0 Å². The molecule has 3 rings (SSSR count). The molecule has 2 aliphatic heterocycles. The number of hydrogen-bond acceptors (Lipinski definition) is 5. The summed E-state index contributed by atoms with van der Waals surface area (Å²) >= 11 is 0. The summed E-state index contributed by atoms with van der Waals surface area (Å²) in [5.74, 6) is -0.105. The molecule has 0 aliphatic carbocycles. The normalized spacial score (nSPS) is 21.2. The molecule has 0 spiro atoms. The van der Waals surface area contributed by atoms with Crippen LogP contribution in [0, 0.1) is 5.92 Å². The number of likely N-dealkylation sites (N-methyl/N-ethyl adjacent to an activating group) is 1. The van der Waals surface area contributed by atoms with Crippen molar-refractivity contribution >= 4 is 11.8 Å². The van der Waals surface area contributed by atoms with E-state index in [0.717, 1.165) is 38.5 Å². The molecule has 7 nitrogen and oxygen atoms in total. The highest BCUT2D eigenvalue weighted by Crippen LogP contribution is 2.21. The minimum absolute atomic E-state index is 0.0400. The molecular weight excluding hydrogens is 332 g/mol. The molecule has 0 saturated carbocycles. The molecule has 2 saturated heterocycles. The molecular formula is C19H28N4O3. The zero-order valence-electron chi connectivity index (χ0n) is 15.5. The minimum Gasteiger partial charge on any atom is -0.379 e. The summed E-state index contributed by atoms with van der Waals surface area (Å²) in [5, 5.41) is 0. The van der Waals surface area contributed by atoms with Gasteiger partial charge in [0.15, 0.2) is 0 Å². The molecule has 1 atom stereocenters. The van der Waals surface area contributed by atoms with Crippen molar-refractivity contribution < 1.29 is 14.3 Å². The number of aromatic nitrogens is 1. The lowest BCUT2D eigenvalue weighted by molar-refractivity contribution is -0.136. The van der Waals surface area contributed by atoms with Gasteiger partial charge in [0, 0.05) is 51.9 Å². The van der Waals surface area contributed by atoms with E-state index in [-0.39, 0.29) is 17.7 Å². The standard InChI is InChI=1S/C19H28N4O3/c1-2-22(8-7-21-9-11-26-12-10-21)19(25)16-13-18(24)23(14-16)15-17-5-3-4-6-20-17/h3-6,16H,2,7-15H2,1H3/t16-/m0/s1. The Hall–Kier alpha value is -1.99. The second-order valence-corrected chi connectivity index (χ2v) is 6.87. The molecule has 1 aromatic heterocycles. The van der Waals surface area contributed by atoms with Crippen LogP contribution in [0.2, 0.25) is 0 Å². The summed E-state index contributed by atoms with van der Waals surface area (Å²) in [6, 6.07) is 5.67. The Morgan fingerprint density at radius 2 is 2.15 bits per heavy atom. The Morgan fingerprint density at radius 3 is 2.85 bits per heavy atom. The number of rotatable bonds is 7. The van der Waals surface area contributed by atoms with Crippen LogP contribution in [0.3, 0.4) is 0 Å². The van der Waals surface area contributed by atoms with Crippen molar-refractivity contribution in [2.45, 2.75) is 19.9 Å². The first-order valence-corrected chi connectivity index (χ1v) is 9.44. The van der Waals surface area contributed by atoms with E-state index in [1.165, 1.54) is 0 Å². The number of amides is 2. The molecule has 1 aromatic rings. The van der Waals surface area contributed by atoms with E-state index in [1.54, 1.807) is 11.1 Å². The number of ether oxygens (including phenoxy) is 1. The maximum absolute atomic E-state index is 12.9. The number of pyridine rings is 1. The van der Waals surface area contributed by atoms with Crippen molar-refractivity contribution in [1.29, 1.82) is 0 Å². The molecule has 142 valence electrons. The molecule has 2 amide bonds. The van der Waals surface area contributed by atoms with Crippen LogP contribution in [0.15, 0.2) is 24.4 Å². The van der Waals surface area contributed by atoms with Crippen LogP contribution in [0.25, 0.3) is 0 Å². The molecule has 7 heteroatoms. The van der Waals surface area contributed by atoms with Crippen molar-refractivity contribution in [3.8, 4) is 0 Å². The van der Waals surface area contributed by atoms with Crippen molar-refractivity contribution in [2.75, 3.05) is 52.5 Å². The van der Waals surface area contributed by atoms with Gasteiger partial charge in [-0.15, -0.1) is 0 Å². The number of likely N-dealkylation sites (tertiary alicyclic amines) is 1. The molecule has 0 aromatic carbocycles. The monoisotopic (exact) mass is 360 g/mol. The van der Waals surface area contributed by atoms with Gasteiger partial charge in [0.05, 0.1) is 31.4 Å². The number of morpholine rings is 1. The summed E-state index contributed by atoms with van der Waals surface area (Å²) < 4.78 is 5.36. The second-order valence-electron chi connectivity index (χ2n) is 6.87. The number of carbonyl (C=O) groups excluding carboxylic acids is 2. The van der Waals surface area contributed by atoms with Gasteiger partial charge in [-0.1, -0.05) is 6.07 Å². The molecule has 0 unspecified atom stereocenters. The first-order chi connectivity index (χ1) is 12.7. The first kappa shape index (κ1) is 18.8. The SMILES string of the molecule is CCN(CCN1CCOCC1)C(=O)[C@H]1CC(=O)N(Cc2ccccn2)C1. The van der Waals surface area contributed by atoms with E-state index in [2.05, 4.69) is 9.88 Å². The second kappa shape index (κ2) is 9.09. The largest absolute Gasteiger partial charge is 0.379 e. The summed E-state index contributed by atoms with van der Waals surface area (Å²) in [6.45, 7) is 8.58. The van der Waals surface area contributed by atoms with Gasteiger partial charge in [0.2, 0.25) is 11.8 Å². The summed E-state index contributed by atoms with van der Waals surface area (Å²) in [5.41, 5.74) is 0.855. The Balaban J connectivity index is 1.52. The third-order valence-corrected chi connectivity index (χ3v) is 5.13. The molecule has 3 heterocycles. The predicted octanol–water partition coefficient (Wildman–Crippen LogP) is 0.611. The van der Waals surface area contributed by atoms with Crippen molar-refractivity contribution in [1.82, 2.24) is 19.7 Å². The van der Waals surface area contributed by atoms with E-state index in [4.69, 9.17) is 4.74 Å². The smallest absolute Gasteiger partial charge is 0.228 e. The molecule has 0 N–H and O–H groups in total. The average Bonchev–Trinajstić information content (AvgIpc) is 3.04. The highest BCUT2D eigenvalue weighted by Gasteiger charge is 2.36. The molecule has 0 radical (unpaired) electrons. The Labute approximate surface area is 154 Å². The molecule has 2 fully saturated rings. The van der Waals surface area contributed by atoms with Crippen LogP contribution < -0.4 is 0 Å². The van der Waals surface area contributed by atoms with E-state index in [1.807, 2.05) is 30.0 Å². The number of carbonyl (C=O) groups is 2. The number of nitrogens with zero attached hydrogens (tertiary/aromatic N) is 4. The predicted molar refractivity (Wildman–Crippen MR) is 97.3 cm³/mol. The van der Waals surface area contributed by atoms with Crippen LogP contribution >= 0.6 is 0 Å². The van der Waals surface area contributed by atoms with E-state index in [0.29, 0.717) is 32.6 Å². The summed E-state index contributed by atoms with van der Waals surface area (Å²) in [4.78, 5) is 35.4. The van der Waals surface area contributed by atoms with Crippen LogP contribution in [-0.2, 0) is 20.9 Å². The van der Waals surface area contributed by atoms with Crippen LogP contribution in [0.5, 0.6) is 0 Å². The van der Waals surface area contributed by atoms with Gasteiger partial charge >= 0.3 is 0 Å². The van der Waals surface area contributed by atoms with E-state index < -0.39 is 0 Å². The van der Waals surface area contributed by atoms with Crippen molar-refractivity contribution in [3.05, 3.63) is 30.1 Å². The zero-order valence-corrected chi connectivity index (χ0v) is 15.5. The van der Waals surface area contributed by atoms with Gasteiger partial charge in [0.1, 0.15) is 0 Å². The Morgan fingerprint density at radius 1 is 1.35 bits per heavy atom. The summed E-state index contributed by atoms with van der Waals surface area (Å²) in [6.07, 6.45) is 2.03. The first-order valence-electron chi connectivity index (χ1n) is 9.44. The summed E-state index contributed by atoms with van der Waals surface area (Å²) in [7, 11) is 0. The van der Waals surface area contributed by atoms with Gasteiger partial charge in [0.25, 0.3) is 0 Å². The fourth-order valence-electron chi connectivity index (χ4n) is 3.55. The Kier molecular flexibility index (Phi) is 6.57. The molecule has 2 aliphatic rings. The Bertz CT molecular complexity index is 604. The topological polar surface area (TPSA) is 66.0 Å². The fourth-order valence-corrected chi connectivity index (χ4v) is 3.55. The highest BCUT2D eigenvalue weighted by molar-refractivity contribution is 5.89. The third kappa shape index (κ3) is 4.80. The lowest BCUT2D eigenvalue weighted by Crippen LogP contribution is -2.44. The van der Waals surface area contributed by atoms with Gasteiger partial charge in [-0.2, -0.15) is 0 Å². The quantitative estimate of drug-likeness (QED) is 0.713. The highest BCUT2D eigenvalue weighted by atomic mass is 16.5. The lowest BCUT2D eigenvalue weighted by atomic mass is 10.1.